The second-order valence-corrected chi connectivity index (χ2v) is 6.51. The van der Waals surface area contributed by atoms with Gasteiger partial charge >= 0.3 is 0 Å². The number of rotatable bonds is 5. The van der Waals surface area contributed by atoms with Gasteiger partial charge in [0.25, 0.3) is 0 Å². The summed E-state index contributed by atoms with van der Waals surface area (Å²) in [6.45, 7) is 0.693. The van der Waals surface area contributed by atoms with Crippen molar-refractivity contribution >= 4 is 9.84 Å². The standard InChI is InChI=1S/C12H17NO3S/c13-7-1-2-10-3-5-11(6-4-10)16-12-8-17(14,15)9-12/h3-6,12H,1-2,7-9,13H2. The minimum atomic E-state index is -2.81. The van der Waals surface area contributed by atoms with Crippen molar-refractivity contribution in [1.29, 1.82) is 0 Å². The van der Waals surface area contributed by atoms with Crippen molar-refractivity contribution in [2.75, 3.05) is 18.1 Å². The Kier molecular flexibility index (Phi) is 3.69. The topological polar surface area (TPSA) is 69.4 Å². The Labute approximate surface area is 102 Å². The molecule has 1 heterocycles. The molecule has 0 amide bonds. The van der Waals surface area contributed by atoms with Gasteiger partial charge in [-0.25, -0.2) is 8.42 Å². The molecule has 1 aliphatic heterocycles. The molecule has 1 saturated heterocycles. The molecule has 17 heavy (non-hydrogen) atoms. The molecule has 0 atom stereocenters. The Balaban J connectivity index is 1.86. The van der Waals surface area contributed by atoms with E-state index in [-0.39, 0.29) is 17.6 Å². The van der Waals surface area contributed by atoms with E-state index >= 15 is 0 Å². The summed E-state index contributed by atoms with van der Waals surface area (Å²) in [7, 11) is -2.81. The van der Waals surface area contributed by atoms with Gasteiger partial charge in [-0.2, -0.15) is 0 Å². The molecule has 0 bridgehead atoms. The Morgan fingerprint density at radius 2 is 1.88 bits per heavy atom. The highest BCUT2D eigenvalue weighted by Crippen LogP contribution is 2.20. The average molecular weight is 255 g/mol. The molecule has 5 heteroatoms. The van der Waals surface area contributed by atoms with Crippen LogP contribution in [0.25, 0.3) is 0 Å². The third kappa shape index (κ3) is 3.44. The normalized spacial score (nSPS) is 18.6. The summed E-state index contributed by atoms with van der Waals surface area (Å²) in [5.74, 6) is 1.02. The van der Waals surface area contributed by atoms with E-state index in [1.165, 1.54) is 5.56 Å². The molecule has 0 spiro atoms. The predicted octanol–water partition coefficient (Wildman–Crippen LogP) is 0.754. The number of sulfone groups is 1. The molecule has 0 saturated carbocycles. The summed E-state index contributed by atoms with van der Waals surface area (Å²) in [5.41, 5.74) is 6.67. The largest absolute Gasteiger partial charge is 0.488 e. The lowest BCUT2D eigenvalue weighted by atomic mass is 10.1. The van der Waals surface area contributed by atoms with E-state index in [2.05, 4.69) is 0 Å². The Hall–Kier alpha value is -1.07. The van der Waals surface area contributed by atoms with Crippen LogP contribution in [0.4, 0.5) is 0 Å². The van der Waals surface area contributed by atoms with Crippen molar-refractivity contribution in [3.05, 3.63) is 29.8 Å². The summed E-state index contributed by atoms with van der Waals surface area (Å²) in [5, 5.41) is 0. The first-order valence-corrected chi connectivity index (χ1v) is 7.57. The van der Waals surface area contributed by atoms with Gasteiger partial charge in [0.1, 0.15) is 11.9 Å². The molecule has 94 valence electrons. The first kappa shape index (κ1) is 12.4. The highest BCUT2D eigenvalue weighted by Gasteiger charge is 2.35. The second kappa shape index (κ2) is 5.06. The van der Waals surface area contributed by atoms with Crippen molar-refractivity contribution < 1.29 is 13.2 Å². The van der Waals surface area contributed by atoms with E-state index < -0.39 is 9.84 Å². The lowest BCUT2D eigenvalue weighted by Gasteiger charge is -2.26. The predicted molar refractivity (Wildman–Crippen MR) is 66.9 cm³/mol. The zero-order valence-corrected chi connectivity index (χ0v) is 10.4. The summed E-state index contributed by atoms with van der Waals surface area (Å²) < 4.78 is 27.5. The van der Waals surface area contributed by atoms with Crippen molar-refractivity contribution in [3.8, 4) is 5.75 Å². The van der Waals surface area contributed by atoms with E-state index in [1.807, 2.05) is 24.3 Å². The molecular weight excluding hydrogens is 238 g/mol. The maximum Gasteiger partial charge on any atom is 0.157 e. The van der Waals surface area contributed by atoms with Gasteiger partial charge in [0.2, 0.25) is 0 Å². The van der Waals surface area contributed by atoms with Crippen LogP contribution in [0.2, 0.25) is 0 Å². The average Bonchev–Trinajstić information content (AvgIpc) is 2.26. The molecule has 1 aromatic rings. The van der Waals surface area contributed by atoms with Crippen LogP contribution in [0, 0.1) is 0 Å². The number of benzene rings is 1. The van der Waals surface area contributed by atoms with Crippen LogP contribution in [-0.4, -0.2) is 32.6 Å². The van der Waals surface area contributed by atoms with Gasteiger partial charge in [0.05, 0.1) is 11.5 Å². The highest BCUT2D eigenvalue weighted by molar-refractivity contribution is 7.92. The second-order valence-electron chi connectivity index (χ2n) is 4.35. The van der Waals surface area contributed by atoms with Gasteiger partial charge in [-0.1, -0.05) is 12.1 Å². The van der Waals surface area contributed by atoms with E-state index in [1.54, 1.807) is 0 Å². The maximum atomic E-state index is 11.0. The van der Waals surface area contributed by atoms with Crippen LogP contribution in [0.3, 0.4) is 0 Å². The van der Waals surface area contributed by atoms with Crippen molar-refractivity contribution in [2.24, 2.45) is 5.73 Å². The number of aryl methyl sites for hydroxylation is 1. The van der Waals surface area contributed by atoms with Gasteiger partial charge in [0, 0.05) is 0 Å². The van der Waals surface area contributed by atoms with Gasteiger partial charge in [-0.05, 0) is 37.1 Å². The third-order valence-corrected chi connectivity index (χ3v) is 4.53. The summed E-state index contributed by atoms with van der Waals surface area (Å²) in [4.78, 5) is 0. The lowest BCUT2D eigenvalue weighted by Crippen LogP contribution is -2.45. The number of hydrogen-bond acceptors (Lipinski definition) is 4. The smallest absolute Gasteiger partial charge is 0.157 e. The van der Waals surface area contributed by atoms with Crippen LogP contribution in [0.15, 0.2) is 24.3 Å². The monoisotopic (exact) mass is 255 g/mol. The fourth-order valence-corrected chi connectivity index (χ4v) is 2.99. The van der Waals surface area contributed by atoms with Gasteiger partial charge in [0.15, 0.2) is 9.84 Å². The maximum absolute atomic E-state index is 11.0. The van der Waals surface area contributed by atoms with E-state index in [0.717, 1.165) is 18.6 Å². The lowest BCUT2D eigenvalue weighted by molar-refractivity contribution is 0.230. The third-order valence-electron chi connectivity index (χ3n) is 2.78. The molecule has 1 fully saturated rings. The SMILES string of the molecule is NCCCc1ccc(OC2CS(=O)(=O)C2)cc1. The fraction of sp³-hybridized carbons (Fsp3) is 0.500. The molecule has 0 unspecified atom stereocenters. The molecule has 4 nitrogen and oxygen atoms in total. The minimum Gasteiger partial charge on any atom is -0.488 e. The molecule has 0 radical (unpaired) electrons. The minimum absolute atomic E-state index is 0.141. The molecule has 2 N–H and O–H groups in total. The summed E-state index contributed by atoms with van der Waals surface area (Å²) >= 11 is 0. The Bertz CT molecular complexity index is 455. The zero-order valence-electron chi connectivity index (χ0n) is 9.63. The molecule has 0 aliphatic carbocycles. The number of hydrogen-bond donors (Lipinski definition) is 1. The summed E-state index contributed by atoms with van der Waals surface area (Å²) in [6, 6.07) is 7.77. The van der Waals surface area contributed by atoms with E-state index in [4.69, 9.17) is 10.5 Å². The first-order chi connectivity index (χ1) is 8.09. The van der Waals surface area contributed by atoms with Gasteiger partial charge < -0.3 is 10.5 Å². The van der Waals surface area contributed by atoms with Gasteiger partial charge in [-0.3, -0.25) is 0 Å². The zero-order chi connectivity index (χ0) is 12.3. The first-order valence-electron chi connectivity index (χ1n) is 5.75. The van der Waals surface area contributed by atoms with E-state index in [0.29, 0.717) is 6.54 Å². The molecule has 1 aliphatic rings. The van der Waals surface area contributed by atoms with Crippen LogP contribution in [0.5, 0.6) is 5.75 Å². The van der Waals surface area contributed by atoms with Crippen molar-refractivity contribution in [2.45, 2.75) is 18.9 Å². The van der Waals surface area contributed by atoms with Crippen molar-refractivity contribution in [1.82, 2.24) is 0 Å². The fourth-order valence-electron chi connectivity index (χ4n) is 1.82. The summed E-state index contributed by atoms with van der Waals surface area (Å²) in [6.07, 6.45) is 1.77. The quantitative estimate of drug-likeness (QED) is 0.843. The van der Waals surface area contributed by atoms with Crippen LogP contribution in [-0.2, 0) is 16.3 Å². The van der Waals surface area contributed by atoms with Crippen molar-refractivity contribution in [3.63, 3.8) is 0 Å². The van der Waals surface area contributed by atoms with Crippen LogP contribution < -0.4 is 10.5 Å². The Morgan fingerprint density at radius 3 is 2.41 bits per heavy atom. The Morgan fingerprint density at radius 1 is 1.24 bits per heavy atom. The highest BCUT2D eigenvalue weighted by atomic mass is 32.2. The molecule has 1 aromatic carbocycles. The van der Waals surface area contributed by atoms with E-state index in [9.17, 15) is 8.42 Å². The number of ether oxygens (including phenoxy) is 1. The molecule has 2 rings (SSSR count). The van der Waals surface area contributed by atoms with Gasteiger partial charge in [-0.15, -0.1) is 0 Å². The molecular formula is C12H17NO3S. The number of nitrogens with two attached hydrogens (primary N) is 1. The van der Waals surface area contributed by atoms with Crippen LogP contribution in [0.1, 0.15) is 12.0 Å². The van der Waals surface area contributed by atoms with Crippen LogP contribution >= 0.6 is 0 Å². The molecule has 0 aromatic heterocycles.